The van der Waals surface area contributed by atoms with Crippen molar-refractivity contribution in [1.82, 2.24) is 0 Å². The van der Waals surface area contributed by atoms with E-state index in [1.807, 2.05) is 0 Å². The molecule has 1 aliphatic rings. The molecule has 0 heterocycles. The van der Waals surface area contributed by atoms with Crippen molar-refractivity contribution in [3.8, 4) is 0 Å². The van der Waals surface area contributed by atoms with Crippen LogP contribution in [0.5, 0.6) is 0 Å². The molecule has 0 bridgehead atoms. The number of carbonyl (C=O) groups is 1. The number of aromatic carboxylic acids is 1. The summed E-state index contributed by atoms with van der Waals surface area (Å²) in [5, 5.41) is 12.8. The monoisotopic (exact) mass is 281 g/mol. The average Bonchev–Trinajstić information content (AvgIpc) is 2.89. The summed E-state index contributed by atoms with van der Waals surface area (Å²) in [6.45, 7) is 0.818. The number of carboxylic acid groups (broad SMARTS) is 1. The Morgan fingerprint density at radius 2 is 2.11 bits per heavy atom. The molecule has 0 aliphatic heterocycles. The highest BCUT2D eigenvalue weighted by Gasteiger charge is 2.14. The highest BCUT2D eigenvalue weighted by atomic mass is 35.5. The summed E-state index contributed by atoms with van der Waals surface area (Å²) in [6, 6.07) is 4.94. The van der Waals surface area contributed by atoms with Gasteiger partial charge in [-0.2, -0.15) is 0 Å². The van der Waals surface area contributed by atoms with Crippen LogP contribution in [-0.2, 0) is 0 Å². The van der Waals surface area contributed by atoms with Crippen LogP contribution in [0.25, 0.3) is 0 Å². The predicted octanol–water partition coefficient (Wildman–Crippen LogP) is 4.42. The maximum Gasteiger partial charge on any atom is 0.337 e. The molecule has 0 spiro atoms. The van der Waals surface area contributed by atoms with E-state index in [2.05, 4.69) is 5.32 Å². The van der Waals surface area contributed by atoms with E-state index < -0.39 is 5.97 Å². The van der Waals surface area contributed by atoms with Crippen molar-refractivity contribution in [3.63, 3.8) is 0 Å². The van der Waals surface area contributed by atoms with Crippen molar-refractivity contribution in [2.45, 2.75) is 38.5 Å². The number of carboxylic acids is 1. The van der Waals surface area contributed by atoms with Crippen molar-refractivity contribution < 1.29 is 9.90 Å². The van der Waals surface area contributed by atoms with Gasteiger partial charge >= 0.3 is 5.97 Å². The Balaban J connectivity index is 1.83. The minimum Gasteiger partial charge on any atom is -0.478 e. The second kappa shape index (κ2) is 6.80. The smallest absolute Gasteiger partial charge is 0.337 e. The van der Waals surface area contributed by atoms with Gasteiger partial charge in [-0.05, 0) is 37.0 Å². The maximum absolute atomic E-state index is 11.1. The molecule has 0 amide bonds. The molecule has 0 radical (unpaired) electrons. The lowest BCUT2D eigenvalue weighted by Gasteiger charge is -2.12. The molecule has 1 fully saturated rings. The largest absolute Gasteiger partial charge is 0.478 e. The summed E-state index contributed by atoms with van der Waals surface area (Å²) in [5.41, 5.74) is 0.900. The Morgan fingerprint density at radius 1 is 1.37 bits per heavy atom. The van der Waals surface area contributed by atoms with Crippen molar-refractivity contribution in [2.24, 2.45) is 5.92 Å². The normalized spacial score (nSPS) is 15.6. The zero-order chi connectivity index (χ0) is 13.7. The van der Waals surface area contributed by atoms with Crippen molar-refractivity contribution >= 4 is 23.3 Å². The number of hydrogen-bond donors (Lipinski definition) is 2. The third-order valence-corrected chi connectivity index (χ3v) is 4.03. The van der Waals surface area contributed by atoms with Gasteiger partial charge in [0.1, 0.15) is 0 Å². The SMILES string of the molecule is O=C(O)c1cc(Cl)ccc1NCCCC1CCCC1. The Kier molecular flexibility index (Phi) is 5.08. The van der Waals surface area contributed by atoms with Crippen molar-refractivity contribution in [1.29, 1.82) is 0 Å². The first-order valence-electron chi connectivity index (χ1n) is 6.93. The number of anilines is 1. The van der Waals surface area contributed by atoms with Crippen LogP contribution in [0.1, 0.15) is 48.9 Å². The van der Waals surface area contributed by atoms with Gasteiger partial charge in [0.15, 0.2) is 0 Å². The molecule has 1 aliphatic carbocycles. The van der Waals surface area contributed by atoms with Crippen molar-refractivity contribution in [2.75, 3.05) is 11.9 Å². The maximum atomic E-state index is 11.1. The van der Waals surface area contributed by atoms with E-state index in [0.717, 1.165) is 18.9 Å². The molecule has 1 saturated carbocycles. The first-order valence-corrected chi connectivity index (χ1v) is 7.31. The minimum absolute atomic E-state index is 0.244. The number of benzene rings is 1. The molecule has 1 aromatic rings. The zero-order valence-corrected chi connectivity index (χ0v) is 11.7. The van der Waals surface area contributed by atoms with E-state index >= 15 is 0 Å². The fraction of sp³-hybridized carbons (Fsp3) is 0.533. The average molecular weight is 282 g/mol. The summed E-state index contributed by atoms with van der Waals surface area (Å²) < 4.78 is 0. The fourth-order valence-electron chi connectivity index (χ4n) is 2.76. The molecule has 4 heteroatoms. The van der Waals surface area contributed by atoms with Crippen LogP contribution < -0.4 is 5.32 Å². The molecule has 1 aromatic carbocycles. The van der Waals surface area contributed by atoms with Gasteiger partial charge in [-0.1, -0.05) is 37.3 Å². The topological polar surface area (TPSA) is 49.3 Å². The van der Waals surface area contributed by atoms with Gasteiger partial charge in [0, 0.05) is 17.3 Å². The molecule has 0 saturated heterocycles. The fourth-order valence-corrected chi connectivity index (χ4v) is 2.93. The number of halogens is 1. The summed E-state index contributed by atoms with van der Waals surface area (Å²) in [5.74, 6) is -0.0632. The Hall–Kier alpha value is -1.22. The Bertz CT molecular complexity index is 442. The second-order valence-electron chi connectivity index (χ2n) is 5.21. The van der Waals surface area contributed by atoms with E-state index in [1.165, 1.54) is 38.2 Å². The lowest BCUT2D eigenvalue weighted by atomic mass is 10.0. The molecule has 3 nitrogen and oxygen atoms in total. The third kappa shape index (κ3) is 4.13. The summed E-state index contributed by atoms with van der Waals surface area (Å²) in [7, 11) is 0. The molecular weight excluding hydrogens is 262 g/mol. The molecule has 19 heavy (non-hydrogen) atoms. The quantitative estimate of drug-likeness (QED) is 0.759. The van der Waals surface area contributed by atoms with Crippen LogP contribution in [0.4, 0.5) is 5.69 Å². The summed E-state index contributed by atoms with van der Waals surface area (Å²) in [4.78, 5) is 11.1. The van der Waals surface area contributed by atoms with E-state index in [9.17, 15) is 4.79 Å². The first-order chi connectivity index (χ1) is 9.16. The van der Waals surface area contributed by atoms with Gasteiger partial charge in [-0.15, -0.1) is 0 Å². The van der Waals surface area contributed by atoms with Gasteiger partial charge in [-0.3, -0.25) is 0 Å². The third-order valence-electron chi connectivity index (χ3n) is 3.79. The molecular formula is C15H20ClNO2. The van der Waals surface area contributed by atoms with Crippen LogP contribution in [0.3, 0.4) is 0 Å². The predicted molar refractivity (Wildman–Crippen MR) is 78.1 cm³/mol. The van der Waals surface area contributed by atoms with Gasteiger partial charge in [0.2, 0.25) is 0 Å². The second-order valence-corrected chi connectivity index (χ2v) is 5.65. The molecule has 104 valence electrons. The van der Waals surface area contributed by atoms with Crippen LogP contribution in [-0.4, -0.2) is 17.6 Å². The number of nitrogens with one attached hydrogen (secondary N) is 1. The Morgan fingerprint density at radius 3 is 2.79 bits per heavy atom. The van der Waals surface area contributed by atoms with E-state index in [4.69, 9.17) is 16.7 Å². The van der Waals surface area contributed by atoms with E-state index in [1.54, 1.807) is 12.1 Å². The van der Waals surface area contributed by atoms with Crippen molar-refractivity contribution in [3.05, 3.63) is 28.8 Å². The van der Waals surface area contributed by atoms with Gasteiger partial charge in [0.25, 0.3) is 0 Å². The molecule has 2 N–H and O–H groups in total. The first kappa shape index (κ1) is 14.2. The lowest BCUT2D eigenvalue weighted by Crippen LogP contribution is -2.08. The molecule has 0 unspecified atom stereocenters. The number of rotatable bonds is 6. The molecule has 0 aromatic heterocycles. The van der Waals surface area contributed by atoms with Crippen LogP contribution in [0.2, 0.25) is 5.02 Å². The highest BCUT2D eigenvalue weighted by Crippen LogP contribution is 2.28. The summed E-state index contributed by atoms with van der Waals surface area (Å²) in [6.07, 6.45) is 7.80. The zero-order valence-electron chi connectivity index (χ0n) is 11.0. The lowest BCUT2D eigenvalue weighted by molar-refractivity contribution is 0.0698. The minimum atomic E-state index is -0.944. The van der Waals surface area contributed by atoms with E-state index in [0.29, 0.717) is 10.7 Å². The van der Waals surface area contributed by atoms with Gasteiger partial charge in [0.05, 0.1) is 5.56 Å². The van der Waals surface area contributed by atoms with Gasteiger partial charge < -0.3 is 10.4 Å². The highest BCUT2D eigenvalue weighted by molar-refractivity contribution is 6.31. The van der Waals surface area contributed by atoms with Crippen LogP contribution in [0.15, 0.2) is 18.2 Å². The van der Waals surface area contributed by atoms with Gasteiger partial charge in [-0.25, -0.2) is 4.79 Å². The van der Waals surface area contributed by atoms with E-state index in [-0.39, 0.29) is 5.56 Å². The van der Waals surface area contributed by atoms with Crippen LogP contribution in [0, 0.1) is 5.92 Å². The molecule has 0 atom stereocenters. The Labute approximate surface area is 119 Å². The standard InChI is InChI=1S/C15H20ClNO2/c16-12-7-8-14(13(10-12)15(18)19)17-9-3-6-11-4-1-2-5-11/h7-8,10-11,17H,1-6,9H2,(H,18,19). The van der Waals surface area contributed by atoms with Crippen LogP contribution >= 0.6 is 11.6 Å². The summed E-state index contributed by atoms with van der Waals surface area (Å²) >= 11 is 5.82. The molecule has 2 rings (SSSR count). The number of hydrogen-bond acceptors (Lipinski definition) is 2.